The quantitative estimate of drug-likeness (QED) is 0.806. The fraction of sp³-hybridized carbons (Fsp3) is 0.733. The molecule has 0 aliphatic carbocycles. The van der Waals surface area contributed by atoms with Crippen molar-refractivity contribution in [1.29, 1.82) is 0 Å². The maximum Gasteiger partial charge on any atom is 0.118 e. The summed E-state index contributed by atoms with van der Waals surface area (Å²) in [5.74, 6) is 2.07. The summed E-state index contributed by atoms with van der Waals surface area (Å²) < 4.78 is 5.83. The van der Waals surface area contributed by atoms with E-state index in [0.29, 0.717) is 0 Å². The Morgan fingerprint density at radius 2 is 1.89 bits per heavy atom. The van der Waals surface area contributed by atoms with Gasteiger partial charge in [-0.05, 0) is 52.9 Å². The highest BCUT2D eigenvalue weighted by Gasteiger charge is 2.10. The molecule has 1 N–H and O–H groups in total. The number of furan rings is 1. The van der Waals surface area contributed by atoms with Crippen LogP contribution in [0, 0.1) is 0 Å². The van der Waals surface area contributed by atoms with Crippen LogP contribution in [0.3, 0.4) is 0 Å². The maximum atomic E-state index is 5.83. The molecule has 1 rings (SSSR count). The van der Waals surface area contributed by atoms with E-state index < -0.39 is 0 Å². The minimum Gasteiger partial charge on any atom is -0.463 e. The van der Waals surface area contributed by atoms with Gasteiger partial charge in [-0.25, -0.2) is 0 Å². The average Bonchev–Trinajstić information content (AvgIpc) is 2.70. The topological polar surface area (TPSA) is 28.4 Å². The van der Waals surface area contributed by atoms with Crippen LogP contribution in [0.5, 0.6) is 0 Å². The van der Waals surface area contributed by atoms with Crippen LogP contribution >= 0.6 is 0 Å². The number of unbranched alkanes of at least 4 members (excludes halogenated alkanes) is 1. The zero-order valence-corrected chi connectivity index (χ0v) is 12.5. The zero-order chi connectivity index (χ0) is 13.6. The van der Waals surface area contributed by atoms with Gasteiger partial charge in [0.2, 0.25) is 0 Å². The second kappa shape index (κ2) is 6.95. The Bertz CT molecular complexity index is 339. The van der Waals surface area contributed by atoms with E-state index in [9.17, 15) is 0 Å². The molecule has 0 aliphatic heterocycles. The van der Waals surface area contributed by atoms with E-state index in [4.69, 9.17) is 4.42 Å². The molecule has 3 heteroatoms. The molecule has 0 saturated heterocycles. The Morgan fingerprint density at radius 3 is 2.50 bits per heavy atom. The largest absolute Gasteiger partial charge is 0.463 e. The summed E-state index contributed by atoms with van der Waals surface area (Å²) in [5, 5.41) is 3.43. The van der Waals surface area contributed by atoms with E-state index in [1.54, 1.807) is 0 Å². The van der Waals surface area contributed by atoms with Gasteiger partial charge in [-0.15, -0.1) is 0 Å². The smallest absolute Gasteiger partial charge is 0.118 e. The van der Waals surface area contributed by atoms with Gasteiger partial charge in [0.15, 0.2) is 0 Å². The van der Waals surface area contributed by atoms with Crippen molar-refractivity contribution in [3.05, 3.63) is 23.7 Å². The van der Waals surface area contributed by atoms with Gasteiger partial charge in [-0.1, -0.05) is 13.3 Å². The molecule has 0 unspecified atom stereocenters. The SMILES string of the molecule is CCCCN(C)Cc1ccc(CNC(C)(C)C)o1. The van der Waals surface area contributed by atoms with Gasteiger partial charge >= 0.3 is 0 Å². The molecule has 1 aromatic heterocycles. The summed E-state index contributed by atoms with van der Waals surface area (Å²) in [6, 6.07) is 4.16. The molecule has 1 aromatic rings. The Morgan fingerprint density at radius 1 is 1.22 bits per heavy atom. The fourth-order valence-corrected chi connectivity index (χ4v) is 1.73. The molecule has 0 aromatic carbocycles. The van der Waals surface area contributed by atoms with Gasteiger partial charge in [0.1, 0.15) is 11.5 Å². The summed E-state index contributed by atoms with van der Waals surface area (Å²) in [6.07, 6.45) is 2.49. The lowest BCUT2D eigenvalue weighted by Crippen LogP contribution is -2.34. The molecule has 0 amide bonds. The molecule has 18 heavy (non-hydrogen) atoms. The van der Waals surface area contributed by atoms with Crippen LogP contribution < -0.4 is 5.32 Å². The monoisotopic (exact) mass is 252 g/mol. The Labute approximate surface area is 112 Å². The minimum absolute atomic E-state index is 0.130. The molecular formula is C15H28N2O. The van der Waals surface area contributed by atoms with Crippen molar-refractivity contribution in [2.75, 3.05) is 13.6 Å². The summed E-state index contributed by atoms with van der Waals surface area (Å²) in [7, 11) is 2.14. The summed E-state index contributed by atoms with van der Waals surface area (Å²) in [6.45, 7) is 11.5. The van der Waals surface area contributed by atoms with Crippen LogP contribution in [0.2, 0.25) is 0 Å². The van der Waals surface area contributed by atoms with Crippen molar-refractivity contribution in [1.82, 2.24) is 10.2 Å². The third-order valence-corrected chi connectivity index (χ3v) is 2.83. The lowest BCUT2D eigenvalue weighted by atomic mass is 10.1. The average molecular weight is 252 g/mol. The second-order valence-corrected chi connectivity index (χ2v) is 6.06. The third-order valence-electron chi connectivity index (χ3n) is 2.83. The van der Waals surface area contributed by atoms with Gasteiger partial charge in [0.05, 0.1) is 13.1 Å². The van der Waals surface area contributed by atoms with E-state index in [0.717, 1.165) is 31.2 Å². The van der Waals surface area contributed by atoms with E-state index in [-0.39, 0.29) is 5.54 Å². The second-order valence-electron chi connectivity index (χ2n) is 6.06. The first-order chi connectivity index (χ1) is 8.40. The molecule has 3 nitrogen and oxygen atoms in total. The molecule has 0 atom stereocenters. The Balaban J connectivity index is 2.38. The maximum absolute atomic E-state index is 5.83. The van der Waals surface area contributed by atoms with Gasteiger partial charge in [0, 0.05) is 5.54 Å². The summed E-state index contributed by atoms with van der Waals surface area (Å²) >= 11 is 0. The zero-order valence-electron chi connectivity index (χ0n) is 12.5. The first kappa shape index (κ1) is 15.3. The molecule has 0 aliphatic rings. The number of nitrogens with zero attached hydrogens (tertiary/aromatic N) is 1. The third kappa shape index (κ3) is 6.22. The lowest BCUT2D eigenvalue weighted by molar-refractivity contribution is 0.283. The van der Waals surface area contributed by atoms with Crippen molar-refractivity contribution < 1.29 is 4.42 Å². The number of rotatable bonds is 7. The molecule has 0 saturated carbocycles. The number of hydrogen-bond acceptors (Lipinski definition) is 3. The highest BCUT2D eigenvalue weighted by molar-refractivity contribution is 5.07. The Hall–Kier alpha value is -0.800. The van der Waals surface area contributed by atoms with Gasteiger partial charge in [-0.2, -0.15) is 0 Å². The standard InChI is InChI=1S/C15H28N2O/c1-6-7-10-17(5)12-14-9-8-13(18-14)11-16-15(2,3)4/h8-9,16H,6-7,10-12H2,1-5H3. The first-order valence-electron chi connectivity index (χ1n) is 6.92. The minimum atomic E-state index is 0.130. The van der Waals surface area contributed by atoms with Gasteiger partial charge < -0.3 is 9.73 Å². The van der Waals surface area contributed by atoms with Crippen molar-refractivity contribution in [2.45, 2.75) is 59.2 Å². The molecule has 1 heterocycles. The first-order valence-corrected chi connectivity index (χ1v) is 6.92. The van der Waals surface area contributed by atoms with Crippen LogP contribution in [0.15, 0.2) is 16.5 Å². The van der Waals surface area contributed by atoms with Crippen LogP contribution in [0.4, 0.5) is 0 Å². The molecule has 0 radical (unpaired) electrons. The highest BCUT2D eigenvalue weighted by Crippen LogP contribution is 2.11. The highest BCUT2D eigenvalue weighted by atomic mass is 16.3. The Kier molecular flexibility index (Phi) is 5.89. The van der Waals surface area contributed by atoms with E-state index in [1.165, 1.54) is 12.8 Å². The van der Waals surface area contributed by atoms with Gasteiger partial charge in [0.25, 0.3) is 0 Å². The predicted molar refractivity (Wildman–Crippen MR) is 76.5 cm³/mol. The summed E-state index contributed by atoms with van der Waals surface area (Å²) in [5.41, 5.74) is 0.130. The summed E-state index contributed by atoms with van der Waals surface area (Å²) in [4.78, 5) is 2.31. The van der Waals surface area contributed by atoms with Crippen LogP contribution in [-0.2, 0) is 13.1 Å². The van der Waals surface area contributed by atoms with Crippen molar-refractivity contribution in [2.24, 2.45) is 0 Å². The van der Waals surface area contributed by atoms with Crippen molar-refractivity contribution in [3.8, 4) is 0 Å². The number of hydrogen-bond donors (Lipinski definition) is 1. The predicted octanol–water partition coefficient (Wildman–Crippen LogP) is 3.40. The van der Waals surface area contributed by atoms with E-state index in [1.807, 2.05) is 0 Å². The lowest BCUT2D eigenvalue weighted by Gasteiger charge is -2.19. The molecule has 0 fully saturated rings. The van der Waals surface area contributed by atoms with Gasteiger partial charge in [-0.3, -0.25) is 4.90 Å². The fourth-order valence-electron chi connectivity index (χ4n) is 1.73. The normalized spacial score (nSPS) is 12.3. The molecular weight excluding hydrogens is 224 g/mol. The molecule has 0 bridgehead atoms. The molecule has 0 spiro atoms. The number of nitrogens with one attached hydrogen (secondary N) is 1. The molecule has 104 valence electrons. The van der Waals surface area contributed by atoms with Crippen LogP contribution in [0.25, 0.3) is 0 Å². The van der Waals surface area contributed by atoms with Crippen molar-refractivity contribution in [3.63, 3.8) is 0 Å². The van der Waals surface area contributed by atoms with E-state index >= 15 is 0 Å². The van der Waals surface area contributed by atoms with Crippen LogP contribution in [0.1, 0.15) is 52.1 Å². The van der Waals surface area contributed by atoms with E-state index in [2.05, 4.69) is 57.1 Å². The van der Waals surface area contributed by atoms with Crippen LogP contribution in [-0.4, -0.2) is 24.0 Å². The van der Waals surface area contributed by atoms with Crippen molar-refractivity contribution >= 4 is 0 Å².